The van der Waals surface area contributed by atoms with Gasteiger partial charge in [-0.15, -0.1) is 0 Å². The number of ether oxygens (including phenoxy) is 4. The minimum Gasteiger partial charge on any atom is -0.508 e. The van der Waals surface area contributed by atoms with Gasteiger partial charge >= 0.3 is 0 Å². The maximum absolute atomic E-state index is 10.7. The molecule has 4 rings (SSSR count). The highest BCUT2D eigenvalue weighted by Crippen LogP contribution is 2.35. The average Bonchev–Trinajstić information content (AvgIpc) is 2.83. The topological polar surface area (TPSA) is 97.6 Å². The van der Waals surface area contributed by atoms with E-state index in [0.717, 1.165) is 43.2 Å². The van der Waals surface area contributed by atoms with Crippen LogP contribution in [0.5, 0.6) is 11.5 Å². The van der Waals surface area contributed by atoms with Gasteiger partial charge in [0, 0.05) is 17.5 Å². The van der Waals surface area contributed by atoms with Gasteiger partial charge in [-0.05, 0) is 69.7 Å². The Morgan fingerprint density at radius 2 is 1.43 bits per heavy atom. The molecule has 3 N–H and O–H groups in total. The highest BCUT2D eigenvalue weighted by molar-refractivity contribution is 5.29. The summed E-state index contributed by atoms with van der Waals surface area (Å²) in [5, 5.41) is 30.3. The van der Waals surface area contributed by atoms with Crippen LogP contribution in [-0.4, -0.2) is 45.8 Å². The first-order valence-electron chi connectivity index (χ1n) is 12.8. The largest absolute Gasteiger partial charge is 0.508 e. The number of aliphatic hydroxyl groups excluding tert-OH is 1. The molecule has 7 atom stereocenters. The Morgan fingerprint density at radius 1 is 0.829 bits per heavy atom. The quantitative estimate of drug-likeness (QED) is 0.431. The molecule has 0 saturated carbocycles. The summed E-state index contributed by atoms with van der Waals surface area (Å²) in [6.45, 7) is 4.11. The minimum atomic E-state index is -0.543. The molecule has 0 aliphatic carbocycles. The Balaban J connectivity index is 1.25. The van der Waals surface area contributed by atoms with Gasteiger partial charge in [0.2, 0.25) is 0 Å². The first-order chi connectivity index (χ1) is 16.9. The number of hydrogen-bond donors (Lipinski definition) is 3. The molecule has 2 aliphatic heterocycles. The van der Waals surface area contributed by atoms with E-state index in [2.05, 4.69) is 6.92 Å². The number of phenolic OH excluding ortho intramolecular Hbond substituents is 2. The van der Waals surface area contributed by atoms with E-state index >= 15 is 0 Å². The number of benzene rings is 2. The van der Waals surface area contributed by atoms with Crippen molar-refractivity contribution in [1.29, 1.82) is 0 Å². The first kappa shape index (κ1) is 25.9. The molecule has 2 fully saturated rings. The second-order valence-corrected chi connectivity index (χ2v) is 9.77. The van der Waals surface area contributed by atoms with E-state index in [1.807, 2.05) is 19.1 Å². The van der Waals surface area contributed by atoms with E-state index in [-0.39, 0.29) is 35.9 Å². The molecule has 2 aromatic rings. The van der Waals surface area contributed by atoms with Crippen molar-refractivity contribution in [2.75, 3.05) is 0 Å². The van der Waals surface area contributed by atoms with Crippen LogP contribution in [0.4, 0.5) is 0 Å². The van der Waals surface area contributed by atoms with Gasteiger partial charge in [-0.2, -0.15) is 0 Å². The Bertz CT molecular complexity index is 935. The van der Waals surface area contributed by atoms with E-state index in [4.69, 9.17) is 18.9 Å². The lowest BCUT2D eigenvalue weighted by atomic mass is 9.97. The van der Waals surface area contributed by atoms with Gasteiger partial charge in [0.15, 0.2) is 12.6 Å². The molecule has 2 aromatic carbocycles. The molecule has 7 heteroatoms. The summed E-state index contributed by atoms with van der Waals surface area (Å²) in [6, 6.07) is 13.9. The van der Waals surface area contributed by atoms with Gasteiger partial charge in [-0.1, -0.05) is 31.2 Å². The second kappa shape index (κ2) is 12.2. The van der Waals surface area contributed by atoms with Crippen molar-refractivity contribution in [2.24, 2.45) is 0 Å². The van der Waals surface area contributed by atoms with Gasteiger partial charge in [-0.25, -0.2) is 0 Å². The van der Waals surface area contributed by atoms with Crippen LogP contribution in [0, 0.1) is 0 Å². The fraction of sp³-hybridized carbons (Fsp3) is 0.571. The minimum absolute atomic E-state index is 0.00396. The third-order valence-corrected chi connectivity index (χ3v) is 6.76. The van der Waals surface area contributed by atoms with E-state index in [0.29, 0.717) is 12.8 Å². The van der Waals surface area contributed by atoms with E-state index < -0.39 is 18.7 Å². The zero-order valence-corrected chi connectivity index (χ0v) is 20.6. The maximum atomic E-state index is 10.7. The van der Waals surface area contributed by atoms with Gasteiger partial charge < -0.3 is 34.3 Å². The number of hydrogen-bond acceptors (Lipinski definition) is 7. The lowest BCUT2D eigenvalue weighted by Gasteiger charge is -2.36. The van der Waals surface area contributed by atoms with E-state index in [9.17, 15) is 15.3 Å². The van der Waals surface area contributed by atoms with E-state index in [1.54, 1.807) is 36.4 Å². The lowest BCUT2D eigenvalue weighted by Crippen LogP contribution is -2.35. The molecule has 0 radical (unpaired) electrons. The van der Waals surface area contributed by atoms with Crippen LogP contribution in [0.15, 0.2) is 48.5 Å². The van der Waals surface area contributed by atoms with E-state index in [1.165, 1.54) is 0 Å². The summed E-state index contributed by atoms with van der Waals surface area (Å²) in [5.41, 5.74) is 1.60. The highest BCUT2D eigenvalue weighted by Gasteiger charge is 2.32. The predicted octanol–water partition coefficient (Wildman–Crippen LogP) is 5.49. The number of aliphatic hydroxyl groups is 1. The van der Waals surface area contributed by atoms with Crippen molar-refractivity contribution < 1.29 is 34.3 Å². The number of rotatable bonds is 9. The number of phenols is 2. The summed E-state index contributed by atoms with van der Waals surface area (Å²) in [7, 11) is 0. The zero-order valence-electron chi connectivity index (χ0n) is 20.6. The predicted molar refractivity (Wildman–Crippen MR) is 131 cm³/mol. The van der Waals surface area contributed by atoms with Crippen molar-refractivity contribution >= 4 is 0 Å². The fourth-order valence-corrected chi connectivity index (χ4v) is 4.95. The van der Waals surface area contributed by atoms with Crippen LogP contribution < -0.4 is 0 Å². The third-order valence-electron chi connectivity index (χ3n) is 6.76. The molecule has 0 amide bonds. The Labute approximate surface area is 207 Å². The molecule has 192 valence electrons. The summed E-state index contributed by atoms with van der Waals surface area (Å²) in [5.74, 6) is 0.375. The van der Waals surface area contributed by atoms with Crippen LogP contribution in [0.3, 0.4) is 0 Å². The van der Waals surface area contributed by atoms with Gasteiger partial charge in [0.05, 0.1) is 30.5 Å². The molecule has 7 unspecified atom stereocenters. The summed E-state index contributed by atoms with van der Waals surface area (Å²) in [6.07, 6.45) is 3.88. The van der Waals surface area contributed by atoms with Crippen molar-refractivity contribution in [3.05, 3.63) is 59.7 Å². The zero-order chi connectivity index (χ0) is 24.8. The molecule has 7 nitrogen and oxygen atoms in total. The molecule has 2 heterocycles. The smallest absolute Gasteiger partial charge is 0.184 e. The van der Waals surface area contributed by atoms with Crippen molar-refractivity contribution in [2.45, 2.75) is 102 Å². The Hall–Kier alpha value is -2.16. The van der Waals surface area contributed by atoms with Gasteiger partial charge in [0.1, 0.15) is 11.5 Å². The van der Waals surface area contributed by atoms with Crippen molar-refractivity contribution in [3.8, 4) is 11.5 Å². The Kier molecular flexibility index (Phi) is 9.03. The maximum Gasteiger partial charge on any atom is 0.184 e. The normalized spacial score (nSPS) is 30.1. The van der Waals surface area contributed by atoms with Crippen LogP contribution in [-0.2, 0) is 18.9 Å². The number of aromatic hydroxyl groups is 2. The Morgan fingerprint density at radius 3 is 2.06 bits per heavy atom. The highest BCUT2D eigenvalue weighted by atomic mass is 16.7. The second-order valence-electron chi connectivity index (χ2n) is 9.77. The fourth-order valence-electron chi connectivity index (χ4n) is 4.95. The third kappa shape index (κ3) is 7.41. The van der Waals surface area contributed by atoms with Crippen molar-refractivity contribution in [1.82, 2.24) is 0 Å². The van der Waals surface area contributed by atoms with Gasteiger partial charge in [0.25, 0.3) is 0 Å². The molecule has 0 bridgehead atoms. The lowest BCUT2D eigenvalue weighted by molar-refractivity contribution is -0.250. The summed E-state index contributed by atoms with van der Waals surface area (Å²) < 4.78 is 24.3. The molecular formula is C28H38O7. The standard InChI is InChI=1S/C28H38O7/c1-3-24-17-25(34-28(33-24)20-8-5-10-22(30)15-20)12-6-11-23(31)16-26-13-18(2)32-27(35-26)19-7-4-9-21(29)14-19/h4-5,7-10,14-15,18,23-31H,3,6,11-13,16-17H2,1-2H3. The molecular weight excluding hydrogens is 448 g/mol. The average molecular weight is 487 g/mol. The van der Waals surface area contributed by atoms with Gasteiger partial charge in [-0.3, -0.25) is 0 Å². The molecule has 2 aliphatic rings. The first-order valence-corrected chi connectivity index (χ1v) is 12.8. The van der Waals surface area contributed by atoms with Crippen LogP contribution in [0.25, 0.3) is 0 Å². The van der Waals surface area contributed by atoms with Crippen LogP contribution in [0.2, 0.25) is 0 Å². The molecule has 0 aromatic heterocycles. The molecule has 0 spiro atoms. The molecule has 35 heavy (non-hydrogen) atoms. The van der Waals surface area contributed by atoms with Crippen LogP contribution >= 0.6 is 0 Å². The monoisotopic (exact) mass is 486 g/mol. The molecule has 2 saturated heterocycles. The summed E-state index contributed by atoms with van der Waals surface area (Å²) >= 11 is 0. The van der Waals surface area contributed by atoms with Crippen molar-refractivity contribution in [3.63, 3.8) is 0 Å². The van der Waals surface area contributed by atoms with Crippen LogP contribution in [0.1, 0.15) is 82.5 Å². The SMILES string of the molecule is CCC1CC(CCCC(O)CC2CC(C)OC(c3cccc(O)c3)O2)OC(c2cccc(O)c2)O1. The summed E-state index contributed by atoms with van der Waals surface area (Å²) in [4.78, 5) is 0.